The molecule has 0 saturated heterocycles. The molecule has 4 rings (SSSR count). The number of carbonyl (C=O) groups excluding carboxylic acids is 1. The number of hydrogen-bond acceptors (Lipinski definition) is 6. The molecule has 2 aromatic heterocycles. The summed E-state index contributed by atoms with van der Waals surface area (Å²) in [6, 6.07) is 4.20. The number of fused-ring (bicyclic) bond motifs is 1. The molecule has 28 heavy (non-hydrogen) atoms. The zero-order valence-corrected chi connectivity index (χ0v) is 18.0. The number of aromatic carboxylic acids is 1. The number of hydrogen-bond donors (Lipinski definition) is 0. The molecular weight excluding hydrogens is 465 g/mol. The molecule has 1 aliphatic heterocycles. The minimum absolute atomic E-state index is 0.0289. The van der Waals surface area contributed by atoms with Gasteiger partial charge in [-0.25, -0.2) is 14.3 Å². The summed E-state index contributed by atoms with van der Waals surface area (Å²) in [5.41, 5.74) is -0.417. The van der Waals surface area contributed by atoms with Gasteiger partial charge in [-0.15, -0.1) is 11.3 Å². The van der Waals surface area contributed by atoms with E-state index in [9.17, 15) is 14.7 Å². The van der Waals surface area contributed by atoms with Crippen LogP contribution in [0.5, 0.6) is 0 Å². The number of halogens is 3. The highest BCUT2D eigenvalue weighted by Gasteiger charge is 2.39. The molecule has 1 atom stereocenters. The summed E-state index contributed by atoms with van der Waals surface area (Å²) in [6.45, 7) is 0. The molecule has 144 valence electrons. The largest absolute Gasteiger partial charge is 0.541 e. The van der Waals surface area contributed by atoms with E-state index in [4.69, 9.17) is 34.8 Å². The minimum Gasteiger partial charge on any atom is -0.541 e. The maximum atomic E-state index is 13.5. The molecule has 11 heteroatoms. The first-order chi connectivity index (χ1) is 13.3. The first-order valence-corrected chi connectivity index (χ1v) is 10.8. The number of carbonyl (C=O) groups is 1. The zero-order chi connectivity index (χ0) is 20.2. The highest BCUT2D eigenvalue weighted by Crippen LogP contribution is 2.38. The minimum atomic E-state index is -1.46. The first-order valence-electron chi connectivity index (χ1n) is 7.88. The molecular formula is C17H10Cl3N3O3S2. The van der Waals surface area contributed by atoms with Gasteiger partial charge in [0.2, 0.25) is 0 Å². The summed E-state index contributed by atoms with van der Waals surface area (Å²) in [5, 5.41) is 13.0. The molecule has 3 aromatic rings. The number of carboxylic acids is 1. The van der Waals surface area contributed by atoms with Crippen molar-refractivity contribution in [3.8, 4) is 11.1 Å². The Balaban J connectivity index is 2.05. The lowest BCUT2D eigenvalue weighted by Gasteiger charge is -2.14. The van der Waals surface area contributed by atoms with Crippen molar-refractivity contribution in [1.29, 1.82) is 0 Å². The smallest absolute Gasteiger partial charge is 0.347 e. The summed E-state index contributed by atoms with van der Waals surface area (Å²) in [4.78, 5) is 30.2. The van der Waals surface area contributed by atoms with Crippen molar-refractivity contribution in [3.05, 3.63) is 59.8 Å². The summed E-state index contributed by atoms with van der Waals surface area (Å²) in [7, 11) is 1.58. The second-order valence-corrected chi connectivity index (χ2v) is 9.53. The first kappa shape index (κ1) is 19.7. The monoisotopic (exact) mass is 473 g/mol. The second kappa shape index (κ2) is 7.35. The molecule has 0 radical (unpaired) electrons. The third kappa shape index (κ3) is 3.23. The van der Waals surface area contributed by atoms with Crippen molar-refractivity contribution in [1.82, 2.24) is 9.55 Å². The third-order valence-electron chi connectivity index (χ3n) is 4.35. The number of nitrogens with zero attached hydrogens (tertiary/aromatic N) is 3. The van der Waals surface area contributed by atoms with Crippen molar-refractivity contribution in [2.45, 2.75) is 11.2 Å². The van der Waals surface area contributed by atoms with Crippen LogP contribution in [0.4, 0.5) is 0 Å². The van der Waals surface area contributed by atoms with Gasteiger partial charge in [0, 0.05) is 16.2 Å². The lowest BCUT2D eigenvalue weighted by Crippen LogP contribution is -2.49. The van der Waals surface area contributed by atoms with Crippen LogP contribution in [0.25, 0.3) is 11.1 Å². The summed E-state index contributed by atoms with van der Waals surface area (Å²) >= 11 is 20.8. The van der Waals surface area contributed by atoms with Gasteiger partial charge in [0.1, 0.15) is 11.5 Å². The third-order valence-corrected chi connectivity index (χ3v) is 7.21. The van der Waals surface area contributed by atoms with Crippen LogP contribution in [-0.2, 0) is 7.05 Å². The average molecular weight is 475 g/mol. The van der Waals surface area contributed by atoms with Crippen LogP contribution in [0.15, 0.2) is 34.3 Å². The van der Waals surface area contributed by atoms with Gasteiger partial charge in [-0.1, -0.05) is 34.8 Å². The Hall–Kier alpha value is -1.58. The average Bonchev–Trinajstić information content (AvgIpc) is 3.22. The SMILES string of the molecule is C[n+]1c(C(=O)[O-])c(-c2cc(Cl)cc(Cl)c2)c(=O)n2c1SC[C@@H]2c1cnc(Cl)s1. The Morgan fingerprint density at radius 3 is 2.54 bits per heavy atom. The predicted octanol–water partition coefficient (Wildman–Crippen LogP) is 2.82. The summed E-state index contributed by atoms with van der Waals surface area (Å²) in [5.74, 6) is -0.910. The normalized spacial score (nSPS) is 15.6. The molecule has 0 fully saturated rings. The van der Waals surface area contributed by atoms with Gasteiger partial charge in [-0.2, -0.15) is 4.57 Å². The number of thiazole rings is 1. The van der Waals surface area contributed by atoms with E-state index in [0.29, 0.717) is 31.0 Å². The quantitative estimate of drug-likeness (QED) is 0.431. The Kier molecular flexibility index (Phi) is 5.18. The molecule has 3 heterocycles. The lowest BCUT2D eigenvalue weighted by atomic mass is 10.0. The highest BCUT2D eigenvalue weighted by molar-refractivity contribution is 7.99. The number of aromatic nitrogens is 3. The Morgan fingerprint density at radius 1 is 1.29 bits per heavy atom. The van der Waals surface area contributed by atoms with Crippen molar-refractivity contribution < 1.29 is 14.5 Å². The van der Waals surface area contributed by atoms with E-state index in [2.05, 4.69) is 4.98 Å². The van der Waals surface area contributed by atoms with E-state index >= 15 is 0 Å². The summed E-state index contributed by atoms with van der Waals surface area (Å²) in [6.07, 6.45) is 1.63. The van der Waals surface area contributed by atoms with Crippen LogP contribution in [0.3, 0.4) is 0 Å². The fourth-order valence-corrected chi connectivity index (χ4v) is 6.18. The Bertz CT molecular complexity index is 1170. The van der Waals surface area contributed by atoms with E-state index in [1.54, 1.807) is 17.8 Å². The fourth-order valence-electron chi connectivity index (χ4n) is 3.23. The van der Waals surface area contributed by atoms with Crippen LogP contribution < -0.4 is 15.2 Å². The number of thioether (sulfide) groups is 1. The number of benzene rings is 1. The topological polar surface area (TPSA) is 78.9 Å². The van der Waals surface area contributed by atoms with E-state index in [1.165, 1.54) is 45.9 Å². The van der Waals surface area contributed by atoms with Gasteiger partial charge in [-0.05, 0) is 35.5 Å². The second-order valence-electron chi connectivity index (χ2n) is 6.03. The maximum Gasteiger partial charge on any atom is 0.347 e. The van der Waals surface area contributed by atoms with Crippen LogP contribution >= 0.6 is 57.9 Å². The van der Waals surface area contributed by atoms with Crippen molar-refractivity contribution in [3.63, 3.8) is 0 Å². The molecule has 0 amide bonds. The van der Waals surface area contributed by atoms with E-state index < -0.39 is 11.5 Å². The molecule has 0 unspecified atom stereocenters. The Morgan fingerprint density at radius 2 is 1.96 bits per heavy atom. The van der Waals surface area contributed by atoms with Gasteiger partial charge < -0.3 is 9.90 Å². The zero-order valence-electron chi connectivity index (χ0n) is 14.1. The predicted molar refractivity (Wildman–Crippen MR) is 108 cm³/mol. The van der Waals surface area contributed by atoms with Gasteiger partial charge >= 0.3 is 10.7 Å². The molecule has 0 spiro atoms. The van der Waals surface area contributed by atoms with Crippen LogP contribution in [0.1, 0.15) is 21.4 Å². The van der Waals surface area contributed by atoms with Gasteiger partial charge in [0.15, 0.2) is 16.2 Å². The molecule has 1 aliphatic rings. The van der Waals surface area contributed by atoms with Crippen molar-refractivity contribution in [2.75, 3.05) is 5.75 Å². The van der Waals surface area contributed by atoms with E-state index in [-0.39, 0.29) is 17.3 Å². The standard InChI is InChI=1S/C17H10Cl3N3O3S2/c1-22-13(15(25)26)12(7-2-8(18)4-9(19)3-7)14(24)23-10(6-27-17(22)23)11-5-21-16(20)28-11/h2-5,10H,6H2,1H3/t10-/m1/s1. The molecule has 0 aliphatic carbocycles. The molecule has 0 bridgehead atoms. The molecule has 0 saturated carbocycles. The van der Waals surface area contributed by atoms with Crippen molar-refractivity contribution in [2.24, 2.45) is 7.05 Å². The molecule has 0 N–H and O–H groups in total. The molecule has 1 aromatic carbocycles. The lowest BCUT2D eigenvalue weighted by molar-refractivity contribution is -0.718. The number of carboxylic acid groups (broad SMARTS) is 1. The Labute approximate surface area is 182 Å². The van der Waals surface area contributed by atoms with Gasteiger partial charge in [-0.3, -0.25) is 0 Å². The van der Waals surface area contributed by atoms with Crippen LogP contribution in [0, 0.1) is 0 Å². The summed E-state index contributed by atoms with van der Waals surface area (Å²) < 4.78 is 3.39. The van der Waals surface area contributed by atoms with E-state index in [0.717, 1.165) is 4.88 Å². The highest BCUT2D eigenvalue weighted by atomic mass is 35.5. The van der Waals surface area contributed by atoms with Crippen LogP contribution in [-0.4, -0.2) is 21.3 Å². The van der Waals surface area contributed by atoms with Crippen LogP contribution in [0.2, 0.25) is 14.5 Å². The molecule has 6 nitrogen and oxygen atoms in total. The van der Waals surface area contributed by atoms with Gasteiger partial charge in [0.05, 0.1) is 17.7 Å². The van der Waals surface area contributed by atoms with E-state index in [1.807, 2.05) is 0 Å². The number of rotatable bonds is 3. The fraction of sp³-hybridized carbons (Fsp3) is 0.176. The van der Waals surface area contributed by atoms with Crippen molar-refractivity contribution >= 4 is 63.9 Å². The maximum absolute atomic E-state index is 13.5. The van der Waals surface area contributed by atoms with Gasteiger partial charge in [0.25, 0.3) is 0 Å².